The highest BCUT2D eigenvalue weighted by molar-refractivity contribution is 7.98. The van der Waals surface area contributed by atoms with E-state index >= 15 is 0 Å². The summed E-state index contributed by atoms with van der Waals surface area (Å²) >= 11 is 1.77. The number of aliphatic imine (C=N–C) groups is 1. The Morgan fingerprint density at radius 3 is 2.56 bits per heavy atom. The zero-order valence-corrected chi connectivity index (χ0v) is 16.9. The third-order valence-electron chi connectivity index (χ3n) is 3.67. The molecule has 0 aromatic heterocycles. The van der Waals surface area contributed by atoms with Crippen LogP contribution in [0.3, 0.4) is 0 Å². The minimum Gasteiger partial charge on any atom is -0.379 e. The molecule has 0 saturated carbocycles. The number of guanidine groups is 1. The number of ether oxygens (including phenoxy) is 2. The van der Waals surface area contributed by atoms with Gasteiger partial charge < -0.3 is 20.1 Å². The van der Waals surface area contributed by atoms with Crippen molar-refractivity contribution in [2.45, 2.75) is 38.1 Å². The fourth-order valence-electron chi connectivity index (χ4n) is 2.21. The van der Waals surface area contributed by atoms with E-state index in [0.29, 0.717) is 19.8 Å². The fraction of sp³-hybridized carbons (Fsp3) is 0.632. The molecule has 142 valence electrons. The van der Waals surface area contributed by atoms with E-state index in [4.69, 9.17) is 9.47 Å². The van der Waals surface area contributed by atoms with Gasteiger partial charge in [0.15, 0.2) is 5.96 Å². The highest BCUT2D eigenvalue weighted by atomic mass is 32.2. The molecule has 1 aromatic carbocycles. The lowest BCUT2D eigenvalue weighted by Gasteiger charge is -2.14. The van der Waals surface area contributed by atoms with Crippen LogP contribution in [0.4, 0.5) is 0 Å². The lowest BCUT2D eigenvalue weighted by Crippen LogP contribution is -2.38. The monoisotopic (exact) mass is 367 g/mol. The molecule has 0 aliphatic heterocycles. The van der Waals surface area contributed by atoms with Crippen LogP contribution in [-0.2, 0) is 16.0 Å². The third-order valence-corrected chi connectivity index (χ3v) is 4.49. The van der Waals surface area contributed by atoms with Gasteiger partial charge in [-0.2, -0.15) is 0 Å². The number of nitrogens with one attached hydrogen (secondary N) is 2. The Morgan fingerprint density at radius 2 is 1.88 bits per heavy atom. The molecule has 0 atom stereocenters. The molecule has 0 radical (unpaired) electrons. The van der Waals surface area contributed by atoms with E-state index in [0.717, 1.165) is 38.5 Å². The summed E-state index contributed by atoms with van der Waals surface area (Å²) in [5.74, 6) is 0.787. The van der Waals surface area contributed by atoms with Crippen LogP contribution in [0.5, 0.6) is 0 Å². The van der Waals surface area contributed by atoms with Crippen LogP contribution in [0.25, 0.3) is 0 Å². The number of unbranched alkanes of at least 4 members (excludes halogenated alkanes) is 1. The average molecular weight is 368 g/mol. The van der Waals surface area contributed by atoms with E-state index in [9.17, 15) is 0 Å². The number of aryl methyl sites for hydroxylation is 1. The van der Waals surface area contributed by atoms with Crippen LogP contribution in [0.2, 0.25) is 0 Å². The number of thioether (sulfide) groups is 1. The minimum atomic E-state index is 0.637. The van der Waals surface area contributed by atoms with Crippen LogP contribution in [0, 0.1) is 6.92 Å². The fourth-order valence-corrected chi connectivity index (χ4v) is 2.91. The van der Waals surface area contributed by atoms with Gasteiger partial charge in [-0.15, -0.1) is 11.8 Å². The molecule has 0 heterocycles. The van der Waals surface area contributed by atoms with E-state index in [1.807, 2.05) is 0 Å². The van der Waals surface area contributed by atoms with Crippen molar-refractivity contribution in [3.63, 3.8) is 0 Å². The van der Waals surface area contributed by atoms with Crippen molar-refractivity contribution in [1.82, 2.24) is 10.6 Å². The van der Waals surface area contributed by atoms with E-state index in [2.05, 4.69) is 53.9 Å². The quantitative estimate of drug-likeness (QED) is 0.257. The van der Waals surface area contributed by atoms with Gasteiger partial charge >= 0.3 is 0 Å². The molecule has 0 amide bonds. The van der Waals surface area contributed by atoms with Gasteiger partial charge in [0.25, 0.3) is 0 Å². The number of hydrogen-bond donors (Lipinski definition) is 2. The molecule has 0 aliphatic carbocycles. The van der Waals surface area contributed by atoms with Crippen molar-refractivity contribution in [3.05, 3.63) is 29.3 Å². The van der Waals surface area contributed by atoms with Crippen molar-refractivity contribution in [1.29, 1.82) is 0 Å². The minimum absolute atomic E-state index is 0.637. The molecule has 6 heteroatoms. The molecule has 0 bridgehead atoms. The lowest BCUT2D eigenvalue weighted by molar-refractivity contribution is 0.0487. The van der Waals surface area contributed by atoms with Gasteiger partial charge in [-0.3, -0.25) is 4.99 Å². The van der Waals surface area contributed by atoms with Gasteiger partial charge in [0.1, 0.15) is 0 Å². The van der Waals surface area contributed by atoms with Crippen LogP contribution >= 0.6 is 11.8 Å². The zero-order chi connectivity index (χ0) is 18.3. The van der Waals surface area contributed by atoms with Crippen LogP contribution in [-0.4, -0.2) is 52.2 Å². The first-order valence-corrected chi connectivity index (χ1v) is 10.2. The summed E-state index contributed by atoms with van der Waals surface area (Å²) in [5.41, 5.74) is 2.56. The summed E-state index contributed by atoms with van der Waals surface area (Å²) in [5, 5.41) is 6.62. The van der Waals surface area contributed by atoms with Crippen LogP contribution in [0.1, 0.15) is 30.9 Å². The number of hydrogen-bond acceptors (Lipinski definition) is 4. The first-order valence-electron chi connectivity index (χ1n) is 8.94. The second kappa shape index (κ2) is 14.0. The molecule has 1 rings (SSSR count). The number of benzene rings is 1. The maximum atomic E-state index is 5.55. The van der Waals surface area contributed by atoms with Crippen molar-refractivity contribution >= 4 is 17.7 Å². The van der Waals surface area contributed by atoms with Gasteiger partial charge in [0.2, 0.25) is 0 Å². The van der Waals surface area contributed by atoms with Crippen LogP contribution < -0.4 is 10.6 Å². The van der Waals surface area contributed by atoms with Crippen molar-refractivity contribution in [3.8, 4) is 0 Å². The average Bonchev–Trinajstić information content (AvgIpc) is 2.63. The third kappa shape index (κ3) is 9.72. The molecular formula is C19H33N3O2S. The Bertz CT molecular complexity index is 509. The number of nitrogens with zero attached hydrogens (tertiary/aromatic N) is 1. The summed E-state index contributed by atoms with van der Waals surface area (Å²) in [6.45, 7) is 8.51. The van der Waals surface area contributed by atoms with Crippen molar-refractivity contribution in [2.75, 3.05) is 46.3 Å². The maximum absolute atomic E-state index is 5.55. The summed E-state index contributed by atoms with van der Waals surface area (Å²) in [4.78, 5) is 5.55. The second-order valence-electron chi connectivity index (χ2n) is 5.75. The molecule has 0 unspecified atom stereocenters. The Balaban J connectivity index is 2.19. The lowest BCUT2D eigenvalue weighted by atomic mass is 10.1. The molecule has 1 aromatic rings. The Kier molecular flexibility index (Phi) is 12.2. The van der Waals surface area contributed by atoms with Crippen molar-refractivity contribution in [2.24, 2.45) is 4.99 Å². The Labute approximate surface area is 157 Å². The summed E-state index contributed by atoms with van der Waals surface area (Å²) < 4.78 is 11.0. The van der Waals surface area contributed by atoms with Gasteiger partial charge in [-0.1, -0.05) is 25.5 Å². The van der Waals surface area contributed by atoms with Gasteiger partial charge in [-0.05, 0) is 36.8 Å². The molecule has 0 spiro atoms. The highest BCUT2D eigenvalue weighted by Gasteiger charge is 2.03. The molecule has 0 fully saturated rings. The van der Waals surface area contributed by atoms with E-state index < -0.39 is 0 Å². The second-order valence-corrected chi connectivity index (χ2v) is 6.59. The predicted molar refractivity (Wildman–Crippen MR) is 108 cm³/mol. The van der Waals surface area contributed by atoms with E-state index in [-0.39, 0.29) is 0 Å². The normalized spacial score (nSPS) is 11.6. The molecule has 0 aliphatic rings. The largest absolute Gasteiger partial charge is 0.379 e. The highest BCUT2D eigenvalue weighted by Crippen LogP contribution is 2.21. The Morgan fingerprint density at radius 1 is 1.12 bits per heavy atom. The van der Waals surface area contributed by atoms with Gasteiger partial charge in [0, 0.05) is 31.6 Å². The number of rotatable bonds is 12. The molecule has 25 heavy (non-hydrogen) atoms. The Hall–Kier alpha value is -1.24. The molecule has 2 N–H and O–H groups in total. The SMILES string of the molecule is CCCCOCCOCCNC(=NC)NCc1ccc(C)cc1SC. The summed E-state index contributed by atoms with van der Waals surface area (Å²) in [6, 6.07) is 6.53. The molecular weight excluding hydrogens is 334 g/mol. The molecule has 0 saturated heterocycles. The topological polar surface area (TPSA) is 54.9 Å². The maximum Gasteiger partial charge on any atom is 0.191 e. The van der Waals surface area contributed by atoms with Gasteiger partial charge in [0.05, 0.1) is 19.8 Å². The van der Waals surface area contributed by atoms with E-state index in [1.165, 1.54) is 16.0 Å². The van der Waals surface area contributed by atoms with Gasteiger partial charge in [-0.25, -0.2) is 0 Å². The summed E-state index contributed by atoms with van der Waals surface area (Å²) in [7, 11) is 1.78. The van der Waals surface area contributed by atoms with Crippen LogP contribution in [0.15, 0.2) is 28.1 Å². The smallest absolute Gasteiger partial charge is 0.191 e. The predicted octanol–water partition coefficient (Wildman–Crippen LogP) is 3.22. The standard InChI is InChI=1S/C19H33N3O2S/c1-5-6-10-23-12-13-24-11-9-21-19(20-3)22-15-17-8-7-16(2)14-18(17)25-4/h7-8,14H,5-6,9-13,15H2,1-4H3,(H2,20,21,22). The van der Waals surface area contributed by atoms with Crippen molar-refractivity contribution < 1.29 is 9.47 Å². The van der Waals surface area contributed by atoms with E-state index in [1.54, 1.807) is 18.8 Å². The summed E-state index contributed by atoms with van der Waals surface area (Å²) in [6.07, 6.45) is 4.38. The first kappa shape index (κ1) is 21.8. The molecule has 5 nitrogen and oxygen atoms in total. The first-order chi connectivity index (χ1) is 12.2. The zero-order valence-electron chi connectivity index (χ0n) is 16.1.